The summed E-state index contributed by atoms with van der Waals surface area (Å²) in [6.45, 7) is 3.70. The van der Waals surface area contributed by atoms with Gasteiger partial charge in [-0.15, -0.1) is 0 Å². The summed E-state index contributed by atoms with van der Waals surface area (Å²) in [5.74, 6) is 1.96. The van der Waals surface area contributed by atoms with Crippen molar-refractivity contribution in [2.45, 2.75) is 38.1 Å². The van der Waals surface area contributed by atoms with E-state index in [-0.39, 0.29) is 0 Å². The molecule has 1 saturated heterocycles. The minimum Gasteiger partial charge on any atom is -0.381 e. The molecule has 5 heteroatoms. The fourth-order valence-electron chi connectivity index (χ4n) is 1.84. The first-order valence-corrected chi connectivity index (χ1v) is 5.87. The molecule has 0 aromatic carbocycles. The van der Waals surface area contributed by atoms with Crippen molar-refractivity contribution >= 4 is 0 Å². The van der Waals surface area contributed by atoms with E-state index in [4.69, 9.17) is 9.26 Å². The molecule has 90 valence electrons. The van der Waals surface area contributed by atoms with Crippen LogP contribution in [0.15, 0.2) is 4.52 Å². The Hall–Kier alpha value is -0.940. The minimum absolute atomic E-state index is 0.375. The minimum atomic E-state index is 0.375. The zero-order valence-corrected chi connectivity index (χ0v) is 9.90. The number of nitrogens with one attached hydrogen (secondary N) is 1. The number of ether oxygens (including phenoxy) is 1. The van der Waals surface area contributed by atoms with E-state index in [1.54, 1.807) is 0 Å². The van der Waals surface area contributed by atoms with E-state index in [0.717, 1.165) is 44.2 Å². The van der Waals surface area contributed by atoms with Crippen molar-refractivity contribution < 1.29 is 9.26 Å². The van der Waals surface area contributed by atoms with Gasteiger partial charge < -0.3 is 14.6 Å². The van der Waals surface area contributed by atoms with E-state index in [2.05, 4.69) is 22.4 Å². The highest BCUT2D eigenvalue weighted by Gasteiger charge is 2.22. The van der Waals surface area contributed by atoms with E-state index < -0.39 is 0 Å². The summed E-state index contributed by atoms with van der Waals surface area (Å²) in [5, 5.41) is 7.17. The van der Waals surface area contributed by atoms with Gasteiger partial charge in [0.05, 0.1) is 0 Å². The number of hydrogen-bond donors (Lipinski definition) is 1. The third-order valence-corrected chi connectivity index (χ3v) is 3.04. The highest BCUT2D eigenvalue weighted by molar-refractivity contribution is 4.96. The lowest BCUT2D eigenvalue weighted by Gasteiger charge is -2.17. The Labute approximate surface area is 95.6 Å². The van der Waals surface area contributed by atoms with E-state index in [1.165, 1.54) is 0 Å². The third kappa shape index (κ3) is 2.80. The average molecular weight is 225 g/mol. The topological polar surface area (TPSA) is 60.2 Å². The van der Waals surface area contributed by atoms with Gasteiger partial charge in [0.25, 0.3) is 0 Å². The quantitative estimate of drug-likeness (QED) is 0.832. The van der Waals surface area contributed by atoms with Gasteiger partial charge in [0.2, 0.25) is 5.89 Å². The lowest BCUT2D eigenvalue weighted by Crippen LogP contribution is -2.24. The molecule has 0 spiro atoms. The summed E-state index contributed by atoms with van der Waals surface area (Å²) in [7, 11) is 1.93. The van der Waals surface area contributed by atoms with Crippen molar-refractivity contribution in [1.29, 1.82) is 0 Å². The third-order valence-electron chi connectivity index (χ3n) is 3.04. The van der Waals surface area contributed by atoms with Gasteiger partial charge in [0, 0.05) is 31.6 Å². The highest BCUT2D eigenvalue weighted by atomic mass is 16.5. The largest absolute Gasteiger partial charge is 0.381 e. The number of rotatable bonds is 4. The molecule has 0 saturated carbocycles. The van der Waals surface area contributed by atoms with Crippen LogP contribution in [-0.2, 0) is 11.2 Å². The monoisotopic (exact) mass is 225 g/mol. The molecule has 0 amide bonds. The number of hydrogen-bond acceptors (Lipinski definition) is 5. The van der Waals surface area contributed by atoms with Gasteiger partial charge in [-0.25, -0.2) is 0 Å². The Kier molecular flexibility index (Phi) is 3.90. The lowest BCUT2D eigenvalue weighted by molar-refractivity contribution is 0.0778. The highest BCUT2D eigenvalue weighted by Crippen LogP contribution is 2.25. The molecule has 2 heterocycles. The molecule has 0 aliphatic carbocycles. The molecule has 1 N–H and O–H groups in total. The van der Waals surface area contributed by atoms with Gasteiger partial charge in [0.1, 0.15) is 0 Å². The lowest BCUT2D eigenvalue weighted by atomic mass is 10.0. The number of nitrogens with zero attached hydrogens (tertiary/aromatic N) is 2. The van der Waals surface area contributed by atoms with Crippen LogP contribution >= 0.6 is 0 Å². The Morgan fingerprint density at radius 1 is 1.44 bits per heavy atom. The van der Waals surface area contributed by atoms with Crippen LogP contribution in [0.5, 0.6) is 0 Å². The van der Waals surface area contributed by atoms with Crippen molar-refractivity contribution in [3.63, 3.8) is 0 Å². The summed E-state index contributed by atoms with van der Waals surface area (Å²) in [4.78, 5) is 4.45. The summed E-state index contributed by atoms with van der Waals surface area (Å²) >= 11 is 0. The molecule has 1 aromatic rings. The SMILES string of the molecule is CNC(C)Cc1noc(C2CCOCC2)n1. The molecule has 2 rings (SSSR count). The van der Waals surface area contributed by atoms with Gasteiger partial charge in [-0.2, -0.15) is 4.98 Å². The second-order valence-corrected chi connectivity index (χ2v) is 4.33. The Morgan fingerprint density at radius 2 is 2.19 bits per heavy atom. The first-order chi connectivity index (χ1) is 7.79. The molecule has 1 aliphatic heterocycles. The van der Waals surface area contributed by atoms with Gasteiger partial charge >= 0.3 is 0 Å². The first kappa shape index (κ1) is 11.5. The average Bonchev–Trinajstić information content (AvgIpc) is 2.78. The zero-order valence-electron chi connectivity index (χ0n) is 9.90. The molecule has 0 radical (unpaired) electrons. The summed E-state index contributed by atoms with van der Waals surface area (Å²) in [5.41, 5.74) is 0. The standard InChI is InChI=1S/C11H19N3O2/c1-8(12-2)7-10-13-11(16-14-10)9-3-5-15-6-4-9/h8-9,12H,3-7H2,1-2H3. The van der Waals surface area contributed by atoms with Crippen molar-refractivity contribution in [3.8, 4) is 0 Å². The fraction of sp³-hybridized carbons (Fsp3) is 0.818. The molecular weight excluding hydrogens is 206 g/mol. The van der Waals surface area contributed by atoms with Crippen LogP contribution in [-0.4, -0.2) is 36.4 Å². The summed E-state index contributed by atoms with van der Waals surface area (Å²) in [6, 6.07) is 0.375. The number of aromatic nitrogens is 2. The fourth-order valence-corrected chi connectivity index (χ4v) is 1.84. The van der Waals surface area contributed by atoms with Crippen LogP contribution in [0, 0.1) is 0 Å². The van der Waals surface area contributed by atoms with Crippen LogP contribution in [0.2, 0.25) is 0 Å². The van der Waals surface area contributed by atoms with Crippen LogP contribution in [0.3, 0.4) is 0 Å². The van der Waals surface area contributed by atoms with Crippen molar-refractivity contribution in [2.24, 2.45) is 0 Å². The molecule has 0 bridgehead atoms. The second-order valence-electron chi connectivity index (χ2n) is 4.33. The molecule has 1 unspecified atom stereocenters. The van der Waals surface area contributed by atoms with E-state index >= 15 is 0 Å². The molecule has 1 atom stereocenters. The predicted octanol–water partition coefficient (Wildman–Crippen LogP) is 1.11. The van der Waals surface area contributed by atoms with Crippen LogP contribution in [0.25, 0.3) is 0 Å². The summed E-state index contributed by atoms with van der Waals surface area (Å²) < 4.78 is 10.6. The van der Waals surface area contributed by atoms with Crippen molar-refractivity contribution in [3.05, 3.63) is 11.7 Å². The first-order valence-electron chi connectivity index (χ1n) is 5.87. The number of likely N-dealkylation sites (N-methyl/N-ethyl adjacent to an activating group) is 1. The molecule has 16 heavy (non-hydrogen) atoms. The molecule has 1 aliphatic rings. The Bertz CT molecular complexity index is 321. The van der Waals surface area contributed by atoms with Gasteiger partial charge in [0.15, 0.2) is 5.82 Å². The Morgan fingerprint density at radius 3 is 2.88 bits per heavy atom. The maximum absolute atomic E-state index is 5.31. The van der Waals surface area contributed by atoms with Crippen LogP contribution in [0.4, 0.5) is 0 Å². The molecular formula is C11H19N3O2. The van der Waals surface area contributed by atoms with Gasteiger partial charge in [-0.3, -0.25) is 0 Å². The Balaban J connectivity index is 1.95. The van der Waals surface area contributed by atoms with E-state index in [9.17, 15) is 0 Å². The molecule has 1 aromatic heterocycles. The van der Waals surface area contributed by atoms with Crippen molar-refractivity contribution in [2.75, 3.05) is 20.3 Å². The van der Waals surface area contributed by atoms with Crippen LogP contribution in [0.1, 0.15) is 37.4 Å². The van der Waals surface area contributed by atoms with E-state index in [0.29, 0.717) is 12.0 Å². The van der Waals surface area contributed by atoms with Crippen LogP contribution < -0.4 is 5.32 Å². The maximum atomic E-state index is 5.31. The second kappa shape index (κ2) is 5.41. The van der Waals surface area contributed by atoms with Gasteiger partial charge in [-0.05, 0) is 26.8 Å². The summed E-state index contributed by atoms with van der Waals surface area (Å²) in [6.07, 6.45) is 2.79. The predicted molar refractivity (Wildman–Crippen MR) is 59.3 cm³/mol. The van der Waals surface area contributed by atoms with E-state index in [1.807, 2.05) is 7.05 Å². The smallest absolute Gasteiger partial charge is 0.229 e. The van der Waals surface area contributed by atoms with Crippen molar-refractivity contribution in [1.82, 2.24) is 15.5 Å². The maximum Gasteiger partial charge on any atom is 0.229 e. The molecule has 5 nitrogen and oxygen atoms in total. The zero-order chi connectivity index (χ0) is 11.4. The normalized spacial score (nSPS) is 19.9. The molecule has 1 fully saturated rings. The van der Waals surface area contributed by atoms with Gasteiger partial charge in [-0.1, -0.05) is 5.16 Å².